The zero-order valence-electron chi connectivity index (χ0n) is 20.7. The van der Waals surface area contributed by atoms with Gasteiger partial charge in [-0.3, -0.25) is 0 Å². The summed E-state index contributed by atoms with van der Waals surface area (Å²) in [6.07, 6.45) is 14.1. The molecule has 2 heteroatoms. The molecular weight excluding hydrogens is 384 g/mol. The number of aliphatic hydroxyl groups is 1. The third kappa shape index (κ3) is 2.83. The van der Waals surface area contributed by atoms with Crippen molar-refractivity contribution in [2.45, 2.75) is 117 Å². The van der Waals surface area contributed by atoms with E-state index in [0.29, 0.717) is 16.2 Å². The minimum absolute atomic E-state index is 0.0726. The van der Waals surface area contributed by atoms with E-state index < -0.39 is 0 Å². The molecule has 5 rings (SSSR count). The zero-order valence-corrected chi connectivity index (χ0v) is 21.5. The van der Waals surface area contributed by atoms with Crippen LogP contribution in [0.1, 0.15) is 106 Å². The van der Waals surface area contributed by atoms with E-state index in [1.54, 1.807) is 0 Å². The van der Waals surface area contributed by atoms with Crippen LogP contribution in [0.2, 0.25) is 0 Å². The molecule has 5 fully saturated rings. The molecule has 0 aliphatic heterocycles. The van der Waals surface area contributed by atoms with Crippen molar-refractivity contribution in [3.63, 3.8) is 0 Å². The van der Waals surface area contributed by atoms with E-state index in [1.807, 2.05) is 0 Å². The first-order valence-electron chi connectivity index (χ1n) is 13.4. The molecule has 0 heterocycles. The topological polar surface area (TPSA) is 20.2 Å². The first-order valence-corrected chi connectivity index (χ1v) is 14.4. The van der Waals surface area contributed by atoms with Crippen molar-refractivity contribution in [3.8, 4) is 0 Å². The lowest BCUT2D eigenvalue weighted by Crippen LogP contribution is -2.54. The van der Waals surface area contributed by atoms with Crippen molar-refractivity contribution < 1.29 is 5.11 Å². The number of hydrogen-bond acceptors (Lipinski definition) is 2. The molecule has 0 amide bonds. The molecule has 0 aromatic heterocycles. The fourth-order valence-electron chi connectivity index (χ4n) is 10.5. The molecule has 1 N–H and O–H groups in total. The first kappa shape index (κ1) is 22.1. The normalized spacial score (nSPS) is 52.2. The minimum Gasteiger partial charge on any atom is -0.393 e. The predicted molar refractivity (Wildman–Crippen MR) is 130 cm³/mol. The van der Waals surface area contributed by atoms with Gasteiger partial charge in [-0.05, 0) is 126 Å². The van der Waals surface area contributed by atoms with Gasteiger partial charge in [0.15, 0.2) is 0 Å². The van der Waals surface area contributed by atoms with Crippen molar-refractivity contribution in [1.29, 1.82) is 0 Å². The first-order chi connectivity index (χ1) is 14.1. The second-order valence-electron chi connectivity index (χ2n) is 13.6. The fraction of sp³-hybridized carbons (Fsp3) is 1.00. The van der Waals surface area contributed by atoms with Crippen LogP contribution < -0.4 is 0 Å². The number of hydrogen-bond donors (Lipinski definition) is 1. The predicted octanol–water partition coefficient (Wildman–Crippen LogP) is 7.56. The monoisotopic (exact) mass is 432 g/mol. The average Bonchev–Trinajstić information content (AvgIpc) is 3.21. The van der Waals surface area contributed by atoms with Gasteiger partial charge in [0.2, 0.25) is 0 Å². The van der Waals surface area contributed by atoms with E-state index in [0.717, 1.165) is 41.3 Å². The van der Waals surface area contributed by atoms with E-state index in [2.05, 4.69) is 53.3 Å². The molecule has 0 bridgehead atoms. The van der Waals surface area contributed by atoms with Crippen molar-refractivity contribution >= 4 is 11.8 Å². The highest BCUT2D eigenvalue weighted by molar-refractivity contribution is 7.99. The lowest BCUT2D eigenvalue weighted by atomic mass is 9.46. The maximum Gasteiger partial charge on any atom is 0.0594 e. The summed E-state index contributed by atoms with van der Waals surface area (Å²) in [5, 5.41) is 11.6. The molecule has 9 atom stereocenters. The quantitative estimate of drug-likeness (QED) is 0.483. The van der Waals surface area contributed by atoms with Gasteiger partial charge in [-0.25, -0.2) is 0 Å². The summed E-state index contributed by atoms with van der Waals surface area (Å²) in [4.78, 5) is 0. The van der Waals surface area contributed by atoms with Crippen molar-refractivity contribution in [1.82, 2.24) is 0 Å². The lowest BCUT2D eigenvalue weighted by Gasteiger charge is -2.59. The van der Waals surface area contributed by atoms with Gasteiger partial charge >= 0.3 is 0 Å². The highest BCUT2D eigenvalue weighted by Gasteiger charge is 2.80. The molecule has 30 heavy (non-hydrogen) atoms. The summed E-state index contributed by atoms with van der Waals surface area (Å²) in [5.41, 5.74) is 2.02. The Hall–Kier alpha value is 0.310. The summed E-state index contributed by atoms with van der Waals surface area (Å²) in [6, 6.07) is 0. The summed E-state index contributed by atoms with van der Waals surface area (Å²) in [6.45, 7) is 14.8. The Bertz CT molecular complexity index is 672. The van der Waals surface area contributed by atoms with Gasteiger partial charge in [0.05, 0.1) is 6.10 Å². The second-order valence-corrected chi connectivity index (χ2v) is 15.3. The Morgan fingerprint density at radius 1 is 0.867 bits per heavy atom. The van der Waals surface area contributed by atoms with E-state index in [4.69, 9.17) is 0 Å². The molecule has 2 spiro atoms. The van der Waals surface area contributed by atoms with Gasteiger partial charge < -0.3 is 5.11 Å². The van der Waals surface area contributed by atoms with Crippen LogP contribution >= 0.6 is 11.8 Å². The van der Waals surface area contributed by atoms with Crippen LogP contribution in [0.25, 0.3) is 0 Å². The average molecular weight is 433 g/mol. The third-order valence-corrected chi connectivity index (χ3v) is 13.2. The van der Waals surface area contributed by atoms with Crippen LogP contribution in [-0.2, 0) is 0 Å². The second kappa shape index (κ2) is 7.15. The number of aliphatic hydroxyl groups excluding tert-OH is 1. The standard InChI is InChI=1S/C28H48OS/c1-18(2)30-16-12-19(3)20-7-8-21-22-9-10-23-25(4,5)24(29)11-13-28(23)17-27(22,28)15-14-26(20,21)6/h18-24,29H,7-17H2,1-6H3/t19-,20-,21+,22+,23+,24+,26-,27+,28-/m1/s1. The van der Waals surface area contributed by atoms with Gasteiger partial charge in [0.25, 0.3) is 0 Å². The zero-order chi connectivity index (χ0) is 21.5. The van der Waals surface area contributed by atoms with Crippen LogP contribution in [-0.4, -0.2) is 22.2 Å². The third-order valence-electron chi connectivity index (χ3n) is 12.1. The SMILES string of the molecule is CC(C)SCC[C@@H](C)[C@H]1CC[C@H]2[C@@H]3CC[C@H]4C(C)(C)[C@@H](O)CC[C@@]45C[C@@]35CC[C@]12C. The molecule has 0 radical (unpaired) electrons. The molecule has 1 nitrogen and oxygen atoms in total. The van der Waals surface area contributed by atoms with Gasteiger partial charge in [-0.1, -0.05) is 41.5 Å². The van der Waals surface area contributed by atoms with E-state index in [1.165, 1.54) is 63.5 Å². The molecular formula is C28H48OS. The number of thioether (sulfide) groups is 1. The van der Waals surface area contributed by atoms with Gasteiger partial charge in [0.1, 0.15) is 0 Å². The van der Waals surface area contributed by atoms with E-state index >= 15 is 0 Å². The Balaban J connectivity index is 1.34. The Morgan fingerprint density at radius 2 is 1.60 bits per heavy atom. The summed E-state index contributed by atoms with van der Waals surface area (Å²) >= 11 is 2.16. The minimum atomic E-state index is -0.0726. The molecule has 172 valence electrons. The molecule has 5 saturated carbocycles. The van der Waals surface area contributed by atoms with Gasteiger partial charge in [0, 0.05) is 0 Å². The van der Waals surface area contributed by atoms with Crippen molar-refractivity contribution in [2.24, 2.45) is 51.2 Å². The summed E-state index contributed by atoms with van der Waals surface area (Å²) in [7, 11) is 0. The maximum atomic E-state index is 10.8. The smallest absolute Gasteiger partial charge is 0.0594 e. The maximum absolute atomic E-state index is 10.8. The largest absolute Gasteiger partial charge is 0.393 e. The number of fused-ring (bicyclic) bond motifs is 2. The fourth-order valence-corrected chi connectivity index (χ4v) is 11.5. The van der Waals surface area contributed by atoms with E-state index in [9.17, 15) is 5.11 Å². The molecule has 5 aliphatic carbocycles. The van der Waals surface area contributed by atoms with Crippen molar-refractivity contribution in [2.75, 3.05) is 5.75 Å². The van der Waals surface area contributed by atoms with Crippen LogP contribution in [0.5, 0.6) is 0 Å². The molecule has 0 unspecified atom stereocenters. The highest BCUT2D eigenvalue weighted by atomic mass is 32.2. The Morgan fingerprint density at radius 3 is 2.33 bits per heavy atom. The lowest BCUT2D eigenvalue weighted by molar-refractivity contribution is -0.133. The summed E-state index contributed by atoms with van der Waals surface area (Å²) in [5.74, 6) is 5.98. The summed E-state index contributed by atoms with van der Waals surface area (Å²) < 4.78 is 0. The van der Waals surface area contributed by atoms with Crippen LogP contribution in [0, 0.1) is 51.2 Å². The van der Waals surface area contributed by atoms with Crippen molar-refractivity contribution in [3.05, 3.63) is 0 Å². The number of rotatable bonds is 5. The van der Waals surface area contributed by atoms with Crippen LogP contribution in [0.3, 0.4) is 0 Å². The molecule has 0 saturated heterocycles. The van der Waals surface area contributed by atoms with Crippen LogP contribution in [0.4, 0.5) is 0 Å². The van der Waals surface area contributed by atoms with Crippen LogP contribution in [0.15, 0.2) is 0 Å². The molecule has 0 aromatic carbocycles. The van der Waals surface area contributed by atoms with Gasteiger partial charge in [-0.2, -0.15) is 11.8 Å². The van der Waals surface area contributed by atoms with E-state index in [-0.39, 0.29) is 11.5 Å². The molecule has 0 aromatic rings. The highest BCUT2D eigenvalue weighted by Crippen LogP contribution is 2.87. The molecule has 5 aliphatic rings. The Labute approximate surface area is 190 Å². The van der Waals surface area contributed by atoms with Gasteiger partial charge in [-0.15, -0.1) is 0 Å². The Kier molecular flexibility index (Phi) is 5.27.